The third kappa shape index (κ3) is 1.33. The Hall–Kier alpha value is -0.220. The third-order valence-corrected chi connectivity index (χ3v) is 2.78. The molecule has 1 saturated heterocycles. The second-order valence-corrected chi connectivity index (χ2v) is 4.04. The van der Waals surface area contributed by atoms with Crippen LogP contribution in [0.2, 0.25) is 0 Å². The quantitative estimate of drug-likeness (QED) is 0.629. The lowest BCUT2D eigenvalue weighted by Gasteiger charge is -2.45. The Kier molecular flexibility index (Phi) is 2.40. The molecular formula is C8H15F2NO. The zero-order valence-corrected chi connectivity index (χ0v) is 7.40. The van der Waals surface area contributed by atoms with Crippen molar-refractivity contribution in [1.29, 1.82) is 0 Å². The van der Waals surface area contributed by atoms with E-state index in [-0.39, 0.29) is 6.42 Å². The molecule has 0 saturated carbocycles. The fourth-order valence-corrected chi connectivity index (χ4v) is 1.58. The second kappa shape index (κ2) is 2.92. The van der Waals surface area contributed by atoms with Gasteiger partial charge in [-0.2, -0.15) is 0 Å². The number of rotatable bonds is 1. The largest absolute Gasteiger partial charge is 0.383 e. The lowest BCUT2D eigenvalue weighted by Crippen LogP contribution is -2.59. The lowest BCUT2D eigenvalue weighted by molar-refractivity contribution is -0.177. The fraction of sp³-hybridized carbons (Fsp3) is 1.00. The van der Waals surface area contributed by atoms with E-state index < -0.39 is 17.4 Å². The minimum atomic E-state index is -2.66. The van der Waals surface area contributed by atoms with Crippen LogP contribution in [0, 0.1) is 5.41 Å². The van der Waals surface area contributed by atoms with Crippen LogP contribution in [0.5, 0.6) is 0 Å². The average Bonchev–Trinajstić information content (AvgIpc) is 1.95. The monoisotopic (exact) mass is 179 g/mol. The predicted octanol–water partition coefficient (Wildman–Crippen LogP) is 1.00. The maximum absolute atomic E-state index is 12.5. The van der Waals surface area contributed by atoms with E-state index in [0.29, 0.717) is 13.1 Å². The summed E-state index contributed by atoms with van der Waals surface area (Å²) in [6.07, 6.45) is -2.54. The van der Waals surface area contributed by atoms with Crippen LogP contribution >= 0.6 is 0 Å². The van der Waals surface area contributed by atoms with Crippen molar-refractivity contribution in [2.45, 2.75) is 32.3 Å². The summed E-state index contributed by atoms with van der Waals surface area (Å²) in [6.45, 7) is 4.22. The Morgan fingerprint density at radius 1 is 1.42 bits per heavy atom. The molecule has 4 heteroatoms. The van der Waals surface area contributed by atoms with E-state index in [0.717, 1.165) is 0 Å². The van der Waals surface area contributed by atoms with Gasteiger partial charge in [0.25, 0.3) is 6.43 Å². The van der Waals surface area contributed by atoms with Gasteiger partial charge in [-0.1, -0.05) is 13.8 Å². The summed E-state index contributed by atoms with van der Waals surface area (Å²) >= 11 is 0. The Morgan fingerprint density at radius 3 is 2.33 bits per heavy atom. The molecule has 0 bridgehead atoms. The van der Waals surface area contributed by atoms with Crippen LogP contribution in [0.4, 0.5) is 8.78 Å². The molecule has 1 aliphatic heterocycles. The van der Waals surface area contributed by atoms with Crippen molar-refractivity contribution < 1.29 is 13.9 Å². The van der Waals surface area contributed by atoms with Gasteiger partial charge in [0.15, 0.2) is 0 Å². The second-order valence-electron chi connectivity index (χ2n) is 4.04. The number of piperidine rings is 1. The molecule has 1 aliphatic rings. The Bertz CT molecular complexity index is 172. The number of hydrogen-bond donors (Lipinski definition) is 2. The minimum Gasteiger partial charge on any atom is -0.383 e. The molecule has 1 unspecified atom stereocenters. The molecule has 12 heavy (non-hydrogen) atoms. The number of halogens is 2. The molecule has 0 spiro atoms. The zero-order chi connectivity index (χ0) is 9.41. The molecule has 1 atom stereocenters. The molecule has 0 aromatic carbocycles. The van der Waals surface area contributed by atoms with E-state index in [4.69, 9.17) is 0 Å². The molecule has 72 valence electrons. The van der Waals surface area contributed by atoms with Gasteiger partial charge < -0.3 is 10.4 Å². The van der Waals surface area contributed by atoms with Gasteiger partial charge in [0.05, 0.1) is 0 Å². The van der Waals surface area contributed by atoms with Crippen molar-refractivity contribution in [1.82, 2.24) is 5.32 Å². The topological polar surface area (TPSA) is 32.3 Å². The van der Waals surface area contributed by atoms with Gasteiger partial charge in [-0.15, -0.1) is 0 Å². The highest BCUT2D eigenvalue weighted by molar-refractivity contribution is 5.00. The van der Waals surface area contributed by atoms with Crippen LogP contribution in [-0.4, -0.2) is 30.2 Å². The summed E-state index contributed by atoms with van der Waals surface area (Å²) in [5.41, 5.74) is -2.57. The summed E-state index contributed by atoms with van der Waals surface area (Å²) in [6, 6.07) is 0. The van der Waals surface area contributed by atoms with Crippen LogP contribution in [0.15, 0.2) is 0 Å². The first-order valence-electron chi connectivity index (χ1n) is 4.11. The molecule has 0 amide bonds. The summed E-state index contributed by atoms with van der Waals surface area (Å²) in [7, 11) is 0. The third-order valence-electron chi connectivity index (χ3n) is 2.78. The van der Waals surface area contributed by atoms with E-state index in [1.807, 2.05) is 0 Å². The highest BCUT2D eigenvalue weighted by Crippen LogP contribution is 2.39. The first-order chi connectivity index (χ1) is 5.40. The van der Waals surface area contributed by atoms with Crippen molar-refractivity contribution in [3.63, 3.8) is 0 Å². The highest BCUT2D eigenvalue weighted by atomic mass is 19.3. The molecule has 1 heterocycles. The average molecular weight is 179 g/mol. The zero-order valence-electron chi connectivity index (χ0n) is 7.40. The van der Waals surface area contributed by atoms with Crippen LogP contribution in [0.25, 0.3) is 0 Å². The van der Waals surface area contributed by atoms with Gasteiger partial charge >= 0.3 is 0 Å². The van der Waals surface area contributed by atoms with E-state index in [1.54, 1.807) is 13.8 Å². The fourth-order valence-electron chi connectivity index (χ4n) is 1.58. The van der Waals surface area contributed by atoms with Crippen molar-refractivity contribution in [2.75, 3.05) is 13.1 Å². The van der Waals surface area contributed by atoms with E-state index in [9.17, 15) is 13.9 Å². The highest BCUT2D eigenvalue weighted by Gasteiger charge is 2.51. The SMILES string of the molecule is CC1(C)CNCCC1(O)C(F)F. The maximum Gasteiger partial charge on any atom is 0.267 e. The number of hydrogen-bond acceptors (Lipinski definition) is 2. The van der Waals surface area contributed by atoms with Gasteiger partial charge in [0.1, 0.15) is 5.60 Å². The van der Waals surface area contributed by atoms with Crippen molar-refractivity contribution >= 4 is 0 Å². The van der Waals surface area contributed by atoms with Gasteiger partial charge in [0.2, 0.25) is 0 Å². The number of nitrogens with one attached hydrogen (secondary N) is 1. The smallest absolute Gasteiger partial charge is 0.267 e. The Balaban J connectivity index is 2.84. The van der Waals surface area contributed by atoms with Crippen LogP contribution in [0.1, 0.15) is 20.3 Å². The van der Waals surface area contributed by atoms with Crippen LogP contribution in [0.3, 0.4) is 0 Å². The van der Waals surface area contributed by atoms with Gasteiger partial charge in [-0.25, -0.2) is 8.78 Å². The summed E-state index contributed by atoms with van der Waals surface area (Å²) < 4.78 is 25.0. The molecule has 0 radical (unpaired) electrons. The molecule has 2 N–H and O–H groups in total. The lowest BCUT2D eigenvalue weighted by atomic mass is 9.71. The molecule has 1 rings (SSSR count). The van der Waals surface area contributed by atoms with Crippen LogP contribution in [-0.2, 0) is 0 Å². The van der Waals surface area contributed by atoms with E-state index >= 15 is 0 Å². The molecular weight excluding hydrogens is 164 g/mol. The van der Waals surface area contributed by atoms with E-state index in [1.165, 1.54) is 0 Å². The van der Waals surface area contributed by atoms with Gasteiger partial charge in [0, 0.05) is 12.0 Å². The summed E-state index contributed by atoms with van der Waals surface area (Å²) in [4.78, 5) is 0. The first kappa shape index (κ1) is 9.86. The Labute approximate surface area is 71.0 Å². The Morgan fingerprint density at radius 2 is 2.00 bits per heavy atom. The molecule has 0 aromatic heterocycles. The molecule has 0 aromatic rings. The summed E-state index contributed by atoms with van der Waals surface area (Å²) in [5, 5.41) is 12.7. The van der Waals surface area contributed by atoms with Crippen LogP contribution < -0.4 is 5.32 Å². The van der Waals surface area contributed by atoms with Gasteiger partial charge in [-0.3, -0.25) is 0 Å². The standard InChI is InChI=1S/C8H15F2NO/c1-7(2)5-11-4-3-8(7,12)6(9)10/h6,11-12H,3-5H2,1-2H3. The maximum atomic E-state index is 12.5. The molecule has 1 fully saturated rings. The van der Waals surface area contributed by atoms with E-state index in [2.05, 4.69) is 5.32 Å². The number of aliphatic hydroxyl groups is 1. The minimum absolute atomic E-state index is 0.123. The van der Waals surface area contributed by atoms with Crippen molar-refractivity contribution in [3.8, 4) is 0 Å². The predicted molar refractivity (Wildman–Crippen MR) is 42.2 cm³/mol. The molecule has 2 nitrogen and oxygen atoms in total. The van der Waals surface area contributed by atoms with Crippen molar-refractivity contribution in [3.05, 3.63) is 0 Å². The summed E-state index contributed by atoms with van der Waals surface area (Å²) in [5.74, 6) is 0. The van der Waals surface area contributed by atoms with Gasteiger partial charge in [-0.05, 0) is 13.0 Å². The van der Waals surface area contributed by atoms with Crippen molar-refractivity contribution in [2.24, 2.45) is 5.41 Å². The number of alkyl halides is 2. The normalized spacial score (nSPS) is 35.5. The first-order valence-corrected chi connectivity index (χ1v) is 4.11. The molecule has 0 aliphatic carbocycles.